The number of rotatable bonds is 8. The molecule has 3 aromatic rings. The molecule has 10 heteroatoms. The van der Waals surface area contributed by atoms with Crippen molar-refractivity contribution in [3.63, 3.8) is 0 Å². The predicted molar refractivity (Wildman–Crippen MR) is 138 cm³/mol. The van der Waals surface area contributed by atoms with Crippen molar-refractivity contribution in [2.75, 3.05) is 38.0 Å². The van der Waals surface area contributed by atoms with Crippen LogP contribution in [-0.2, 0) is 6.54 Å². The highest BCUT2D eigenvalue weighted by Crippen LogP contribution is 2.51. The lowest BCUT2D eigenvalue weighted by Gasteiger charge is -2.19. The van der Waals surface area contributed by atoms with Gasteiger partial charge in [0.15, 0.2) is 0 Å². The SMILES string of the molecule is CCN(CC)CCn1nc2c3c(c(NCCN)ccc31)Sc1cc(O)ccc1-2.Cl.Cl.Cl. The fraction of sp³-hybridized carbons (Fsp3) is 0.381. The van der Waals surface area contributed by atoms with Crippen LogP contribution in [0, 0.1) is 0 Å². The van der Waals surface area contributed by atoms with Gasteiger partial charge in [-0.1, -0.05) is 25.6 Å². The van der Waals surface area contributed by atoms with E-state index in [-0.39, 0.29) is 43.0 Å². The Morgan fingerprint density at radius 2 is 1.87 bits per heavy atom. The van der Waals surface area contributed by atoms with Crippen LogP contribution in [0.15, 0.2) is 40.1 Å². The summed E-state index contributed by atoms with van der Waals surface area (Å²) >= 11 is 1.69. The van der Waals surface area contributed by atoms with Crippen LogP contribution in [0.2, 0.25) is 0 Å². The van der Waals surface area contributed by atoms with Crippen LogP contribution in [-0.4, -0.2) is 52.5 Å². The van der Waals surface area contributed by atoms with Gasteiger partial charge in [0, 0.05) is 46.1 Å². The van der Waals surface area contributed by atoms with Gasteiger partial charge in [-0.2, -0.15) is 5.10 Å². The highest BCUT2D eigenvalue weighted by Gasteiger charge is 2.26. The Hall–Kier alpha value is -1.35. The molecule has 0 saturated carbocycles. The van der Waals surface area contributed by atoms with Gasteiger partial charge in [0.25, 0.3) is 0 Å². The zero-order valence-electron chi connectivity index (χ0n) is 17.6. The molecule has 1 aliphatic heterocycles. The zero-order chi connectivity index (χ0) is 19.7. The van der Waals surface area contributed by atoms with Crippen molar-refractivity contribution in [3.05, 3.63) is 30.3 Å². The molecule has 0 spiro atoms. The minimum absolute atomic E-state index is 0. The predicted octanol–water partition coefficient (Wildman–Crippen LogP) is 4.85. The van der Waals surface area contributed by atoms with Gasteiger partial charge in [-0.15, -0.1) is 37.2 Å². The number of nitrogens with zero attached hydrogens (tertiary/aromatic N) is 3. The lowest BCUT2D eigenvalue weighted by atomic mass is 10.1. The minimum atomic E-state index is 0. The van der Waals surface area contributed by atoms with Crippen LogP contribution in [0.3, 0.4) is 0 Å². The number of halogens is 3. The van der Waals surface area contributed by atoms with E-state index in [1.54, 1.807) is 17.8 Å². The number of anilines is 1. The average Bonchev–Trinajstić information content (AvgIpc) is 3.08. The number of fused-ring (bicyclic) bond motifs is 2. The van der Waals surface area contributed by atoms with Gasteiger partial charge in [0.1, 0.15) is 11.4 Å². The third-order valence-corrected chi connectivity index (χ3v) is 6.47. The summed E-state index contributed by atoms with van der Waals surface area (Å²) in [6.45, 7) is 9.59. The van der Waals surface area contributed by atoms with Gasteiger partial charge in [-0.05, 0) is 43.4 Å². The number of hydrogen-bond donors (Lipinski definition) is 3. The van der Waals surface area contributed by atoms with Gasteiger partial charge >= 0.3 is 0 Å². The summed E-state index contributed by atoms with van der Waals surface area (Å²) < 4.78 is 2.13. The van der Waals surface area contributed by atoms with Gasteiger partial charge in [-0.3, -0.25) is 4.68 Å². The first kappa shape index (κ1) is 27.7. The quantitative estimate of drug-likeness (QED) is 0.317. The number of phenolic OH excluding ortho intramolecular Hbond substituents is 1. The molecule has 0 amide bonds. The Morgan fingerprint density at radius 1 is 1.13 bits per heavy atom. The molecule has 6 nitrogen and oxygen atoms in total. The highest BCUT2D eigenvalue weighted by molar-refractivity contribution is 8.00. The van der Waals surface area contributed by atoms with E-state index in [2.05, 4.69) is 40.9 Å². The first-order valence-electron chi connectivity index (χ1n) is 9.87. The lowest BCUT2D eigenvalue weighted by Crippen LogP contribution is -2.27. The number of nitrogens with two attached hydrogens (primary N) is 1. The van der Waals surface area contributed by atoms with Crippen molar-refractivity contribution in [3.8, 4) is 17.0 Å². The van der Waals surface area contributed by atoms with Crippen LogP contribution in [0.5, 0.6) is 5.75 Å². The molecule has 4 N–H and O–H groups in total. The number of likely N-dealkylation sites (N-methyl/N-ethyl adjacent to an activating group) is 1. The highest BCUT2D eigenvalue weighted by atomic mass is 35.5. The Kier molecular flexibility index (Phi) is 10.8. The molecular formula is C21H30Cl3N5OS. The van der Waals surface area contributed by atoms with Crippen molar-refractivity contribution in [2.24, 2.45) is 5.73 Å². The topological polar surface area (TPSA) is 79.3 Å². The third kappa shape index (κ3) is 5.35. The summed E-state index contributed by atoms with van der Waals surface area (Å²) in [6, 6.07) is 9.80. The molecular weight excluding hydrogens is 477 g/mol. The lowest BCUT2D eigenvalue weighted by molar-refractivity contribution is 0.287. The molecule has 0 atom stereocenters. The Morgan fingerprint density at radius 3 is 2.55 bits per heavy atom. The van der Waals surface area contributed by atoms with Crippen molar-refractivity contribution in [1.29, 1.82) is 0 Å². The number of benzene rings is 2. The molecule has 4 rings (SSSR count). The smallest absolute Gasteiger partial charge is 0.116 e. The second-order valence-corrected chi connectivity index (χ2v) is 7.99. The zero-order valence-corrected chi connectivity index (χ0v) is 20.9. The van der Waals surface area contributed by atoms with Crippen LogP contribution in [0.25, 0.3) is 22.2 Å². The molecule has 1 aliphatic rings. The largest absolute Gasteiger partial charge is 0.508 e. The Labute approximate surface area is 206 Å². The van der Waals surface area contributed by atoms with Crippen LogP contribution < -0.4 is 11.1 Å². The van der Waals surface area contributed by atoms with Gasteiger partial charge in [-0.25, -0.2) is 0 Å². The summed E-state index contributed by atoms with van der Waals surface area (Å²) in [5.41, 5.74) is 10.00. The van der Waals surface area contributed by atoms with E-state index in [1.807, 2.05) is 12.1 Å². The fourth-order valence-corrected chi connectivity index (χ4v) is 4.96. The monoisotopic (exact) mass is 505 g/mol. The number of nitrogens with one attached hydrogen (secondary N) is 1. The van der Waals surface area contributed by atoms with E-state index < -0.39 is 0 Å². The molecule has 172 valence electrons. The van der Waals surface area contributed by atoms with Gasteiger partial charge in [0.2, 0.25) is 0 Å². The molecule has 0 fully saturated rings. The van der Waals surface area contributed by atoms with E-state index in [0.717, 1.165) is 65.0 Å². The van der Waals surface area contributed by atoms with Crippen LogP contribution in [0.4, 0.5) is 5.69 Å². The standard InChI is InChI=1S/C21H27N5OS.3ClH/c1-3-25(4-2)11-12-26-17-8-7-16(23-10-9-22)21-19(17)20(24-26)15-6-5-14(27)13-18(15)28-21;;;/h5-8,13,23,27H,3-4,9-12,22H2,1-2H3;3*1H. The molecule has 0 aliphatic carbocycles. The van der Waals surface area contributed by atoms with Crippen LogP contribution in [0.1, 0.15) is 13.8 Å². The maximum atomic E-state index is 9.97. The van der Waals surface area contributed by atoms with E-state index in [9.17, 15) is 5.11 Å². The molecule has 2 aromatic carbocycles. The number of aromatic nitrogens is 2. The molecule has 31 heavy (non-hydrogen) atoms. The summed E-state index contributed by atoms with van der Waals surface area (Å²) in [5.74, 6) is 0.277. The minimum Gasteiger partial charge on any atom is -0.508 e. The molecule has 1 aromatic heterocycles. The fourth-order valence-electron chi connectivity index (χ4n) is 3.73. The van der Waals surface area contributed by atoms with Crippen molar-refractivity contribution in [1.82, 2.24) is 14.7 Å². The first-order chi connectivity index (χ1) is 13.7. The van der Waals surface area contributed by atoms with Crippen LogP contribution >= 0.6 is 49.0 Å². The van der Waals surface area contributed by atoms with Crippen molar-refractivity contribution >= 4 is 65.6 Å². The van der Waals surface area contributed by atoms with Gasteiger partial charge < -0.3 is 21.1 Å². The maximum absolute atomic E-state index is 9.97. The molecule has 2 heterocycles. The Balaban J connectivity index is 0.00000160. The summed E-state index contributed by atoms with van der Waals surface area (Å²) in [6.07, 6.45) is 0. The van der Waals surface area contributed by atoms with Gasteiger partial charge in [0.05, 0.1) is 12.1 Å². The molecule has 0 bridgehead atoms. The normalized spacial score (nSPS) is 11.4. The Bertz CT molecular complexity index is 1010. The molecule has 0 saturated heterocycles. The van der Waals surface area contributed by atoms with E-state index in [1.165, 1.54) is 5.39 Å². The molecule has 0 radical (unpaired) electrons. The van der Waals surface area contributed by atoms with Crippen molar-refractivity contribution < 1.29 is 5.11 Å². The second kappa shape index (κ2) is 12.0. The number of aromatic hydroxyl groups is 1. The third-order valence-electron chi connectivity index (χ3n) is 5.29. The van der Waals surface area contributed by atoms with E-state index in [0.29, 0.717) is 6.54 Å². The number of hydrogen-bond acceptors (Lipinski definition) is 6. The molecule has 0 unspecified atom stereocenters. The van der Waals surface area contributed by atoms with Crippen molar-refractivity contribution in [2.45, 2.75) is 30.2 Å². The van der Waals surface area contributed by atoms with E-state index >= 15 is 0 Å². The average molecular weight is 507 g/mol. The maximum Gasteiger partial charge on any atom is 0.116 e. The van der Waals surface area contributed by atoms with E-state index in [4.69, 9.17) is 10.8 Å². The summed E-state index contributed by atoms with van der Waals surface area (Å²) in [7, 11) is 0. The number of phenols is 1. The second-order valence-electron chi connectivity index (χ2n) is 6.93. The summed E-state index contributed by atoms with van der Waals surface area (Å²) in [5, 5.41) is 19.6. The first-order valence-corrected chi connectivity index (χ1v) is 10.7. The summed E-state index contributed by atoms with van der Waals surface area (Å²) in [4.78, 5) is 4.60.